The molecule has 1 fully saturated rings. The van der Waals surface area contributed by atoms with E-state index in [0.717, 1.165) is 15.5 Å². The average molecular weight is 400 g/mol. The van der Waals surface area contributed by atoms with E-state index in [-0.39, 0.29) is 17.1 Å². The number of para-hydroxylation sites is 1. The zero-order valence-electron chi connectivity index (χ0n) is 15.3. The van der Waals surface area contributed by atoms with E-state index >= 15 is 0 Å². The molecule has 0 bridgehead atoms. The number of nitrogens with zero attached hydrogens (tertiary/aromatic N) is 2. The predicted octanol–water partition coefficient (Wildman–Crippen LogP) is 2.47. The number of hydrogen-bond acceptors (Lipinski definition) is 4. The first-order chi connectivity index (χ1) is 13.3. The summed E-state index contributed by atoms with van der Waals surface area (Å²) in [6.45, 7) is 3.10. The SMILES string of the molecule is CC(=O)N(NC(=O)c1ccc(C)cc1)[C@@H]1CC(=O)N(c2ccccc2Cl)C1=O. The van der Waals surface area contributed by atoms with Gasteiger partial charge in [-0.15, -0.1) is 0 Å². The second kappa shape index (κ2) is 7.82. The zero-order valence-corrected chi connectivity index (χ0v) is 16.1. The lowest BCUT2D eigenvalue weighted by Gasteiger charge is -2.26. The minimum atomic E-state index is -1.14. The van der Waals surface area contributed by atoms with Crippen molar-refractivity contribution in [3.63, 3.8) is 0 Å². The van der Waals surface area contributed by atoms with Crippen LogP contribution >= 0.6 is 11.6 Å². The molecule has 1 atom stereocenters. The number of rotatable bonds is 3. The van der Waals surface area contributed by atoms with Crippen molar-refractivity contribution in [1.29, 1.82) is 0 Å². The highest BCUT2D eigenvalue weighted by Crippen LogP contribution is 2.31. The summed E-state index contributed by atoms with van der Waals surface area (Å²) in [7, 11) is 0. The van der Waals surface area contributed by atoms with Gasteiger partial charge in [0.1, 0.15) is 6.04 Å². The van der Waals surface area contributed by atoms with Crippen LogP contribution in [0.2, 0.25) is 5.02 Å². The van der Waals surface area contributed by atoms with Crippen molar-refractivity contribution < 1.29 is 19.2 Å². The van der Waals surface area contributed by atoms with Gasteiger partial charge < -0.3 is 0 Å². The number of imide groups is 1. The second-order valence-corrected chi connectivity index (χ2v) is 6.84. The summed E-state index contributed by atoms with van der Waals surface area (Å²) in [5.74, 6) is -2.24. The molecule has 2 aromatic rings. The Balaban J connectivity index is 1.85. The molecule has 7 nitrogen and oxygen atoms in total. The summed E-state index contributed by atoms with van der Waals surface area (Å²) < 4.78 is 0. The fraction of sp³-hybridized carbons (Fsp3) is 0.200. The van der Waals surface area contributed by atoms with Crippen molar-refractivity contribution in [3.8, 4) is 0 Å². The zero-order chi connectivity index (χ0) is 20.4. The normalized spacial score (nSPS) is 16.2. The Kier molecular flexibility index (Phi) is 5.46. The number of hydrogen-bond donors (Lipinski definition) is 1. The van der Waals surface area contributed by atoms with Gasteiger partial charge in [-0.05, 0) is 31.2 Å². The molecule has 0 radical (unpaired) electrons. The van der Waals surface area contributed by atoms with E-state index in [9.17, 15) is 19.2 Å². The third-order valence-electron chi connectivity index (χ3n) is 4.40. The van der Waals surface area contributed by atoms with Crippen LogP contribution in [-0.2, 0) is 14.4 Å². The molecule has 3 rings (SSSR count). The van der Waals surface area contributed by atoms with E-state index in [4.69, 9.17) is 11.6 Å². The monoisotopic (exact) mass is 399 g/mol. The molecule has 1 heterocycles. The summed E-state index contributed by atoms with van der Waals surface area (Å²) >= 11 is 6.11. The Bertz CT molecular complexity index is 958. The molecule has 4 amide bonds. The molecule has 0 aliphatic carbocycles. The smallest absolute Gasteiger partial charge is 0.269 e. The quantitative estimate of drug-likeness (QED) is 0.634. The van der Waals surface area contributed by atoms with Crippen LogP contribution in [0.3, 0.4) is 0 Å². The molecule has 8 heteroatoms. The molecule has 1 N–H and O–H groups in total. The topological polar surface area (TPSA) is 86.8 Å². The van der Waals surface area contributed by atoms with Crippen molar-refractivity contribution in [2.24, 2.45) is 0 Å². The van der Waals surface area contributed by atoms with Gasteiger partial charge >= 0.3 is 0 Å². The van der Waals surface area contributed by atoms with Gasteiger partial charge in [-0.1, -0.05) is 41.4 Å². The lowest BCUT2D eigenvalue weighted by atomic mass is 10.1. The Morgan fingerprint density at radius 3 is 2.36 bits per heavy atom. The summed E-state index contributed by atoms with van der Waals surface area (Å²) in [6.07, 6.45) is -0.252. The Morgan fingerprint density at radius 2 is 1.75 bits per heavy atom. The molecule has 28 heavy (non-hydrogen) atoms. The number of amides is 4. The van der Waals surface area contributed by atoms with E-state index in [0.29, 0.717) is 5.56 Å². The number of hydrazine groups is 1. The fourth-order valence-corrected chi connectivity index (χ4v) is 3.18. The summed E-state index contributed by atoms with van der Waals surface area (Å²) in [6, 6.07) is 12.0. The Morgan fingerprint density at radius 1 is 1.11 bits per heavy atom. The average Bonchev–Trinajstić information content (AvgIpc) is 2.94. The van der Waals surface area contributed by atoms with Gasteiger partial charge in [-0.2, -0.15) is 0 Å². The predicted molar refractivity (Wildman–Crippen MR) is 104 cm³/mol. The lowest BCUT2D eigenvalue weighted by molar-refractivity contribution is -0.139. The number of halogens is 1. The number of benzene rings is 2. The third-order valence-corrected chi connectivity index (χ3v) is 4.72. The van der Waals surface area contributed by atoms with Crippen LogP contribution in [0.25, 0.3) is 0 Å². The number of carbonyl (C=O) groups excluding carboxylic acids is 4. The highest BCUT2D eigenvalue weighted by Gasteiger charge is 2.45. The molecule has 1 aliphatic rings. The van der Waals surface area contributed by atoms with E-state index in [1.54, 1.807) is 48.5 Å². The van der Waals surface area contributed by atoms with Gasteiger partial charge in [0.25, 0.3) is 11.8 Å². The summed E-state index contributed by atoms with van der Waals surface area (Å²) in [5, 5.41) is 1.14. The van der Waals surface area contributed by atoms with Gasteiger partial charge in [-0.25, -0.2) is 9.91 Å². The van der Waals surface area contributed by atoms with Gasteiger partial charge in [0.2, 0.25) is 11.8 Å². The first kappa shape index (κ1) is 19.6. The highest BCUT2D eigenvalue weighted by molar-refractivity contribution is 6.36. The van der Waals surface area contributed by atoms with E-state index in [2.05, 4.69) is 5.43 Å². The minimum absolute atomic E-state index is 0.239. The van der Waals surface area contributed by atoms with Crippen molar-refractivity contribution in [3.05, 3.63) is 64.7 Å². The van der Waals surface area contributed by atoms with Crippen molar-refractivity contribution in [2.45, 2.75) is 26.3 Å². The number of nitrogens with one attached hydrogen (secondary N) is 1. The molecule has 2 aromatic carbocycles. The van der Waals surface area contributed by atoms with Gasteiger partial charge in [0.05, 0.1) is 17.1 Å². The number of anilines is 1. The highest BCUT2D eigenvalue weighted by atomic mass is 35.5. The fourth-order valence-electron chi connectivity index (χ4n) is 2.96. The second-order valence-electron chi connectivity index (χ2n) is 6.43. The standard InChI is InChI=1S/C20H18ClN3O4/c1-12-7-9-14(10-8-12)19(27)22-24(13(2)25)17-11-18(26)23(20(17)28)16-6-4-3-5-15(16)21/h3-10,17H,11H2,1-2H3,(H,22,27)/t17-/m1/s1. The first-order valence-corrected chi connectivity index (χ1v) is 8.96. The third kappa shape index (κ3) is 3.75. The van der Waals surface area contributed by atoms with Crippen molar-refractivity contribution in [2.75, 3.05) is 4.90 Å². The summed E-state index contributed by atoms with van der Waals surface area (Å²) in [5.41, 5.74) is 4.00. The Labute approximate surface area is 166 Å². The maximum atomic E-state index is 12.9. The molecule has 0 aromatic heterocycles. The molecule has 0 unspecified atom stereocenters. The van der Waals surface area contributed by atoms with Crippen LogP contribution in [0.5, 0.6) is 0 Å². The molecule has 144 valence electrons. The van der Waals surface area contributed by atoms with Crippen LogP contribution in [-0.4, -0.2) is 34.7 Å². The first-order valence-electron chi connectivity index (χ1n) is 8.58. The molecular weight excluding hydrogens is 382 g/mol. The van der Waals surface area contributed by atoms with Crippen LogP contribution < -0.4 is 10.3 Å². The molecule has 1 aliphatic heterocycles. The minimum Gasteiger partial charge on any atom is -0.274 e. The van der Waals surface area contributed by atoms with E-state index < -0.39 is 29.7 Å². The van der Waals surface area contributed by atoms with E-state index in [1.165, 1.54) is 6.92 Å². The lowest BCUT2D eigenvalue weighted by Crippen LogP contribution is -2.54. The van der Waals surface area contributed by atoms with Crippen molar-refractivity contribution >= 4 is 40.9 Å². The molecule has 0 spiro atoms. The Hall–Kier alpha value is -3.19. The van der Waals surface area contributed by atoms with Gasteiger partial charge in [0, 0.05) is 12.5 Å². The van der Waals surface area contributed by atoms with Gasteiger partial charge in [0.15, 0.2) is 0 Å². The molecular formula is C20H18ClN3O4. The largest absolute Gasteiger partial charge is 0.274 e. The number of aryl methyl sites for hydroxylation is 1. The molecule has 0 saturated carbocycles. The van der Waals surface area contributed by atoms with Crippen LogP contribution in [0.4, 0.5) is 5.69 Å². The van der Waals surface area contributed by atoms with Crippen LogP contribution in [0.15, 0.2) is 48.5 Å². The maximum Gasteiger partial charge on any atom is 0.269 e. The maximum absolute atomic E-state index is 12.9. The van der Waals surface area contributed by atoms with Crippen LogP contribution in [0, 0.1) is 6.92 Å². The van der Waals surface area contributed by atoms with Crippen LogP contribution in [0.1, 0.15) is 29.3 Å². The van der Waals surface area contributed by atoms with E-state index in [1.807, 2.05) is 6.92 Å². The number of carbonyl (C=O) groups is 4. The molecule has 1 saturated heterocycles. The summed E-state index contributed by atoms with van der Waals surface area (Å²) in [4.78, 5) is 50.9. The van der Waals surface area contributed by atoms with Crippen molar-refractivity contribution in [1.82, 2.24) is 10.4 Å². The van der Waals surface area contributed by atoms with Gasteiger partial charge in [-0.3, -0.25) is 24.6 Å².